The van der Waals surface area contributed by atoms with E-state index in [4.69, 9.17) is 0 Å². The lowest BCUT2D eigenvalue weighted by Gasteiger charge is -2.30. The van der Waals surface area contributed by atoms with Crippen LogP contribution in [0.5, 0.6) is 0 Å². The monoisotopic (exact) mass is 405 g/mol. The maximum atomic E-state index is 2.37. The predicted molar refractivity (Wildman–Crippen MR) is 129 cm³/mol. The number of benzene rings is 1. The molecule has 2 nitrogen and oxygen atoms in total. The third kappa shape index (κ3) is 17.7. The molecule has 0 spiro atoms. The zero-order valence-electron chi connectivity index (χ0n) is 20.0. The van der Waals surface area contributed by atoms with Crippen LogP contribution >= 0.6 is 0 Å². The zero-order chi connectivity index (χ0) is 20.3. The van der Waals surface area contributed by atoms with Crippen molar-refractivity contribution >= 4 is 0 Å². The summed E-state index contributed by atoms with van der Waals surface area (Å²) in [5, 5.41) is 0. The molecule has 0 unspecified atom stereocenters. The van der Waals surface area contributed by atoms with Gasteiger partial charge < -0.3 is 9.96 Å². The van der Waals surface area contributed by atoms with Crippen LogP contribution in [0.2, 0.25) is 0 Å². The third-order valence-corrected chi connectivity index (χ3v) is 6.07. The first-order valence-corrected chi connectivity index (χ1v) is 12.5. The van der Waals surface area contributed by atoms with Crippen molar-refractivity contribution in [2.24, 2.45) is 0 Å². The van der Waals surface area contributed by atoms with E-state index in [1.807, 2.05) is 0 Å². The van der Waals surface area contributed by atoms with Crippen molar-refractivity contribution in [2.75, 3.05) is 20.6 Å². The van der Waals surface area contributed by atoms with E-state index in [2.05, 4.69) is 51.4 Å². The summed E-state index contributed by atoms with van der Waals surface area (Å²) in [6.45, 7) is 4.75. The molecular weight excluding hydrogens is 354 g/mol. The minimum atomic E-state index is 0. The highest BCUT2D eigenvalue weighted by Gasteiger charge is 2.14. The van der Waals surface area contributed by atoms with Crippen LogP contribution in [0.25, 0.3) is 0 Å². The van der Waals surface area contributed by atoms with E-state index in [0.29, 0.717) is 0 Å². The number of hydrogen-bond acceptors (Lipinski definition) is 1. The lowest BCUT2D eigenvalue weighted by Crippen LogP contribution is -2.39. The van der Waals surface area contributed by atoms with Crippen molar-refractivity contribution in [3.8, 4) is 0 Å². The maximum Gasteiger partial charge on any atom is 0.104 e. The second kappa shape index (κ2) is 19.1. The molecule has 0 saturated carbocycles. The Morgan fingerprint density at radius 2 is 0.931 bits per heavy atom. The Bertz CT molecular complexity index is 443. The van der Waals surface area contributed by atoms with Crippen LogP contribution in [0, 0.1) is 0 Å². The average Bonchev–Trinajstić information content (AvgIpc) is 2.68. The molecule has 0 aliphatic carbocycles. The molecule has 0 heterocycles. The molecule has 1 aromatic carbocycles. The molecule has 0 saturated heterocycles. The number of quaternary nitrogens is 1. The van der Waals surface area contributed by atoms with E-state index >= 15 is 0 Å². The first kappa shape index (κ1) is 28.1. The van der Waals surface area contributed by atoms with Crippen LogP contribution < -0.4 is 0 Å². The molecule has 0 aromatic heterocycles. The summed E-state index contributed by atoms with van der Waals surface area (Å²) in [6, 6.07) is 10.9. The van der Waals surface area contributed by atoms with E-state index in [-0.39, 0.29) is 5.48 Å². The van der Waals surface area contributed by atoms with Crippen molar-refractivity contribution < 1.29 is 9.96 Å². The number of nitrogens with zero attached hydrogens (tertiary/aromatic N) is 1. The van der Waals surface area contributed by atoms with Crippen molar-refractivity contribution in [3.05, 3.63) is 35.9 Å². The molecule has 1 N–H and O–H groups in total. The lowest BCUT2D eigenvalue weighted by atomic mass is 10.0. The van der Waals surface area contributed by atoms with Gasteiger partial charge in [0.15, 0.2) is 0 Å². The normalized spacial score (nSPS) is 11.4. The Labute approximate surface area is 183 Å². The summed E-state index contributed by atoms with van der Waals surface area (Å²) < 4.78 is 1.11. The highest BCUT2D eigenvalue weighted by atomic mass is 16.0. The Morgan fingerprint density at radius 1 is 0.552 bits per heavy atom. The van der Waals surface area contributed by atoms with E-state index in [1.54, 1.807) is 0 Å². The molecule has 1 aromatic rings. The molecular formula is C27H51NO. The minimum absolute atomic E-state index is 0. The SMILES string of the molecule is CCCCCCCCCCCCCCCCCC[N+](C)(C)Cc1ccccc1.[OH-]. The van der Waals surface area contributed by atoms with Gasteiger partial charge in [0, 0.05) is 5.56 Å². The Balaban J connectivity index is 0.00000784. The highest BCUT2D eigenvalue weighted by molar-refractivity contribution is 5.13. The average molecular weight is 406 g/mol. The van der Waals surface area contributed by atoms with Gasteiger partial charge in [-0.15, -0.1) is 0 Å². The summed E-state index contributed by atoms with van der Waals surface area (Å²) in [5.74, 6) is 0. The highest BCUT2D eigenvalue weighted by Crippen LogP contribution is 2.15. The summed E-state index contributed by atoms with van der Waals surface area (Å²) in [4.78, 5) is 0. The summed E-state index contributed by atoms with van der Waals surface area (Å²) >= 11 is 0. The van der Waals surface area contributed by atoms with Gasteiger partial charge >= 0.3 is 0 Å². The molecule has 0 amide bonds. The molecule has 0 radical (unpaired) electrons. The van der Waals surface area contributed by atoms with Gasteiger partial charge in [0.05, 0.1) is 20.6 Å². The molecule has 0 aliphatic heterocycles. The minimum Gasteiger partial charge on any atom is -0.870 e. The molecule has 2 heteroatoms. The van der Waals surface area contributed by atoms with Crippen molar-refractivity contribution in [1.82, 2.24) is 0 Å². The van der Waals surface area contributed by atoms with Crippen LogP contribution in [0.4, 0.5) is 0 Å². The predicted octanol–water partition coefficient (Wildman–Crippen LogP) is 8.35. The van der Waals surface area contributed by atoms with Crippen LogP contribution in [-0.2, 0) is 6.54 Å². The van der Waals surface area contributed by atoms with Gasteiger partial charge in [0.2, 0.25) is 0 Å². The van der Waals surface area contributed by atoms with Gasteiger partial charge in [-0.2, -0.15) is 0 Å². The van der Waals surface area contributed by atoms with Crippen molar-refractivity contribution in [2.45, 2.75) is 116 Å². The Hall–Kier alpha value is -0.860. The molecule has 0 aliphatic rings. The fourth-order valence-corrected chi connectivity index (χ4v) is 4.24. The van der Waals surface area contributed by atoms with Crippen molar-refractivity contribution in [3.63, 3.8) is 0 Å². The first-order valence-electron chi connectivity index (χ1n) is 12.5. The van der Waals surface area contributed by atoms with E-state index in [9.17, 15) is 0 Å². The van der Waals surface area contributed by atoms with Crippen LogP contribution in [0.15, 0.2) is 30.3 Å². The zero-order valence-corrected chi connectivity index (χ0v) is 20.0. The van der Waals surface area contributed by atoms with Gasteiger partial charge in [-0.3, -0.25) is 0 Å². The number of unbranched alkanes of at least 4 members (excludes halogenated alkanes) is 15. The number of hydrogen-bond donors (Lipinski definition) is 0. The lowest BCUT2D eigenvalue weighted by molar-refractivity contribution is -0.903. The van der Waals surface area contributed by atoms with Crippen LogP contribution in [0.1, 0.15) is 115 Å². The van der Waals surface area contributed by atoms with Crippen LogP contribution in [-0.4, -0.2) is 30.6 Å². The quantitative estimate of drug-likeness (QED) is 0.168. The standard InChI is InChI=1S/C27H50N.H2O/c1-4-5-6-7-8-9-10-11-12-13-14-15-16-17-18-22-25-28(2,3)26-27-23-20-19-21-24-27;/h19-21,23-24H,4-18,22,25-26H2,1-3H3;1H2/q+1;/p-1. The van der Waals surface area contributed by atoms with Gasteiger partial charge in [0.25, 0.3) is 0 Å². The van der Waals surface area contributed by atoms with Crippen molar-refractivity contribution in [1.29, 1.82) is 0 Å². The summed E-state index contributed by atoms with van der Waals surface area (Å²) in [7, 11) is 4.75. The third-order valence-electron chi connectivity index (χ3n) is 6.07. The van der Waals surface area contributed by atoms with Gasteiger partial charge in [0.1, 0.15) is 6.54 Å². The first-order chi connectivity index (χ1) is 13.6. The smallest absolute Gasteiger partial charge is 0.104 e. The molecule has 29 heavy (non-hydrogen) atoms. The van der Waals surface area contributed by atoms with E-state index in [1.165, 1.54) is 115 Å². The molecule has 1 rings (SSSR count). The molecule has 170 valence electrons. The van der Waals surface area contributed by atoms with E-state index in [0.717, 1.165) is 11.0 Å². The van der Waals surface area contributed by atoms with Crippen LogP contribution in [0.3, 0.4) is 0 Å². The second-order valence-corrected chi connectivity index (χ2v) is 9.61. The molecule has 0 atom stereocenters. The van der Waals surface area contributed by atoms with Gasteiger partial charge in [-0.1, -0.05) is 127 Å². The Kier molecular flexibility index (Phi) is 18.6. The number of rotatable bonds is 19. The van der Waals surface area contributed by atoms with Gasteiger partial charge in [-0.05, 0) is 12.8 Å². The maximum absolute atomic E-state index is 2.37. The van der Waals surface area contributed by atoms with E-state index < -0.39 is 0 Å². The molecule has 0 bridgehead atoms. The summed E-state index contributed by atoms with van der Waals surface area (Å²) in [6.07, 6.45) is 23.2. The fourth-order valence-electron chi connectivity index (χ4n) is 4.24. The topological polar surface area (TPSA) is 30.0 Å². The molecule has 0 fully saturated rings. The fraction of sp³-hybridized carbons (Fsp3) is 0.778. The van der Waals surface area contributed by atoms with Gasteiger partial charge in [-0.25, -0.2) is 0 Å². The summed E-state index contributed by atoms with van der Waals surface area (Å²) in [5.41, 5.74) is 1.46. The largest absolute Gasteiger partial charge is 0.870 e. The second-order valence-electron chi connectivity index (χ2n) is 9.61. The Morgan fingerprint density at radius 3 is 1.34 bits per heavy atom.